The highest BCUT2D eigenvalue weighted by Crippen LogP contribution is 2.17. The molecule has 14 heavy (non-hydrogen) atoms. The van der Waals surface area contributed by atoms with E-state index in [1.54, 1.807) is 7.05 Å². The van der Waals surface area contributed by atoms with Crippen LogP contribution in [0.15, 0.2) is 18.2 Å². The summed E-state index contributed by atoms with van der Waals surface area (Å²) < 4.78 is 0. The van der Waals surface area contributed by atoms with Gasteiger partial charge in [-0.1, -0.05) is 6.07 Å². The quantitative estimate of drug-likeness (QED) is 0.724. The molecular formula is C11H16N2O. The van der Waals surface area contributed by atoms with E-state index >= 15 is 0 Å². The van der Waals surface area contributed by atoms with E-state index in [1.807, 2.05) is 25.1 Å². The van der Waals surface area contributed by atoms with Crippen molar-refractivity contribution >= 4 is 11.6 Å². The first-order chi connectivity index (χ1) is 6.56. The van der Waals surface area contributed by atoms with Gasteiger partial charge in [-0.25, -0.2) is 10.4 Å². The van der Waals surface area contributed by atoms with Gasteiger partial charge in [0, 0.05) is 14.0 Å². The smallest absolute Gasteiger partial charge is 0.238 e. The van der Waals surface area contributed by atoms with E-state index in [4.69, 9.17) is 0 Å². The molecule has 3 nitrogen and oxygen atoms in total. The van der Waals surface area contributed by atoms with Gasteiger partial charge in [0.05, 0.1) is 5.69 Å². The highest BCUT2D eigenvalue weighted by atomic mass is 16.2. The maximum atomic E-state index is 11.2. The number of anilines is 1. The molecule has 0 heterocycles. The first-order valence-electron chi connectivity index (χ1n) is 4.61. The van der Waals surface area contributed by atoms with Gasteiger partial charge < -0.3 is 0 Å². The molecule has 3 heteroatoms. The zero-order valence-corrected chi connectivity index (χ0v) is 9.09. The Morgan fingerprint density at radius 1 is 1.29 bits per heavy atom. The minimum atomic E-state index is -0.0178. The molecule has 0 bridgehead atoms. The Labute approximate surface area is 84.7 Å². The van der Waals surface area contributed by atoms with Crippen LogP contribution in [0.5, 0.6) is 0 Å². The third-order valence-corrected chi connectivity index (χ3v) is 2.29. The second kappa shape index (κ2) is 4.24. The number of carbonyl (C=O) groups is 1. The van der Waals surface area contributed by atoms with Crippen LogP contribution < -0.4 is 10.4 Å². The lowest BCUT2D eigenvalue weighted by Crippen LogP contribution is -2.39. The molecule has 1 amide bonds. The van der Waals surface area contributed by atoms with Crippen LogP contribution in [0.2, 0.25) is 0 Å². The van der Waals surface area contributed by atoms with Crippen LogP contribution in [0.4, 0.5) is 5.69 Å². The number of hydrogen-bond acceptors (Lipinski definition) is 2. The Kier molecular flexibility index (Phi) is 3.25. The molecule has 0 saturated carbocycles. The summed E-state index contributed by atoms with van der Waals surface area (Å²) >= 11 is 0. The molecule has 1 aromatic rings. The SMILES string of the molecule is CNN(C(C)=O)c1ccc(C)c(C)c1. The first kappa shape index (κ1) is 10.7. The summed E-state index contributed by atoms with van der Waals surface area (Å²) in [4.78, 5) is 11.2. The third-order valence-electron chi connectivity index (χ3n) is 2.29. The van der Waals surface area contributed by atoms with Crippen molar-refractivity contribution in [1.82, 2.24) is 5.43 Å². The lowest BCUT2D eigenvalue weighted by atomic mass is 10.1. The van der Waals surface area contributed by atoms with Gasteiger partial charge in [-0.15, -0.1) is 0 Å². The summed E-state index contributed by atoms with van der Waals surface area (Å²) in [6.07, 6.45) is 0. The Hall–Kier alpha value is -1.35. The number of nitrogens with one attached hydrogen (secondary N) is 1. The van der Waals surface area contributed by atoms with Gasteiger partial charge in [0.1, 0.15) is 0 Å². The second-order valence-corrected chi connectivity index (χ2v) is 3.35. The van der Waals surface area contributed by atoms with Gasteiger partial charge in [-0.2, -0.15) is 0 Å². The van der Waals surface area contributed by atoms with Crippen LogP contribution in [-0.4, -0.2) is 13.0 Å². The van der Waals surface area contributed by atoms with E-state index in [2.05, 4.69) is 12.3 Å². The number of amides is 1. The normalized spacial score (nSPS) is 10.0. The predicted molar refractivity (Wildman–Crippen MR) is 58.1 cm³/mol. The molecule has 1 rings (SSSR count). The van der Waals surface area contributed by atoms with Crippen LogP contribution in [0, 0.1) is 13.8 Å². The molecule has 0 aliphatic heterocycles. The van der Waals surface area contributed by atoms with Crippen LogP contribution in [-0.2, 0) is 4.79 Å². The van der Waals surface area contributed by atoms with Crippen molar-refractivity contribution in [3.63, 3.8) is 0 Å². The van der Waals surface area contributed by atoms with Crippen LogP contribution in [0.1, 0.15) is 18.1 Å². The van der Waals surface area contributed by atoms with Crippen LogP contribution >= 0.6 is 0 Å². The second-order valence-electron chi connectivity index (χ2n) is 3.35. The molecule has 0 aliphatic carbocycles. The number of rotatable bonds is 2. The summed E-state index contributed by atoms with van der Waals surface area (Å²) in [7, 11) is 1.73. The van der Waals surface area contributed by atoms with Gasteiger partial charge in [-0.05, 0) is 37.1 Å². The van der Waals surface area contributed by atoms with Gasteiger partial charge in [0.25, 0.3) is 0 Å². The minimum Gasteiger partial charge on any atom is -0.273 e. The lowest BCUT2D eigenvalue weighted by molar-refractivity contribution is -0.117. The lowest BCUT2D eigenvalue weighted by Gasteiger charge is -2.20. The van der Waals surface area contributed by atoms with E-state index < -0.39 is 0 Å². The van der Waals surface area contributed by atoms with Crippen molar-refractivity contribution in [3.8, 4) is 0 Å². The summed E-state index contributed by atoms with van der Waals surface area (Å²) in [5.74, 6) is -0.0178. The van der Waals surface area contributed by atoms with Crippen molar-refractivity contribution in [2.75, 3.05) is 12.1 Å². The number of aryl methyl sites for hydroxylation is 2. The summed E-state index contributed by atoms with van der Waals surface area (Å²) in [6.45, 7) is 5.62. The fraction of sp³-hybridized carbons (Fsp3) is 0.364. The molecule has 0 atom stereocenters. The Bertz CT molecular complexity index is 347. The molecule has 0 spiro atoms. The zero-order chi connectivity index (χ0) is 10.7. The van der Waals surface area contributed by atoms with Gasteiger partial charge in [-0.3, -0.25) is 4.79 Å². The van der Waals surface area contributed by atoms with Crippen molar-refractivity contribution in [1.29, 1.82) is 0 Å². The van der Waals surface area contributed by atoms with Crippen molar-refractivity contribution < 1.29 is 4.79 Å². The van der Waals surface area contributed by atoms with Crippen LogP contribution in [0.3, 0.4) is 0 Å². The number of hydrogen-bond donors (Lipinski definition) is 1. The highest BCUT2D eigenvalue weighted by molar-refractivity contribution is 5.90. The Morgan fingerprint density at radius 3 is 2.36 bits per heavy atom. The largest absolute Gasteiger partial charge is 0.273 e. The van der Waals surface area contributed by atoms with E-state index in [-0.39, 0.29) is 5.91 Å². The molecule has 0 fully saturated rings. The van der Waals surface area contributed by atoms with Crippen LogP contribution in [0.25, 0.3) is 0 Å². The minimum absolute atomic E-state index is 0.0178. The molecule has 1 N–H and O–H groups in total. The van der Waals surface area contributed by atoms with Gasteiger partial charge in [0.2, 0.25) is 5.91 Å². The van der Waals surface area contributed by atoms with Crippen molar-refractivity contribution in [2.45, 2.75) is 20.8 Å². The third kappa shape index (κ3) is 2.12. The fourth-order valence-electron chi connectivity index (χ4n) is 1.33. The number of benzene rings is 1. The molecule has 0 radical (unpaired) electrons. The Balaban J connectivity index is 3.06. The standard InChI is InChI=1S/C11H16N2O/c1-8-5-6-11(7-9(8)2)13(12-4)10(3)14/h5-7,12H,1-4H3. The predicted octanol–water partition coefficient (Wildman–Crippen LogP) is 1.79. The number of hydrazine groups is 1. The van der Waals surface area contributed by atoms with E-state index in [9.17, 15) is 4.79 Å². The fourth-order valence-corrected chi connectivity index (χ4v) is 1.33. The maximum Gasteiger partial charge on any atom is 0.238 e. The molecule has 76 valence electrons. The highest BCUT2D eigenvalue weighted by Gasteiger charge is 2.08. The zero-order valence-electron chi connectivity index (χ0n) is 9.09. The molecule has 0 saturated heterocycles. The van der Waals surface area contributed by atoms with Gasteiger partial charge >= 0.3 is 0 Å². The molecule has 1 aromatic carbocycles. The Morgan fingerprint density at radius 2 is 1.93 bits per heavy atom. The topological polar surface area (TPSA) is 32.3 Å². The molecule has 0 aromatic heterocycles. The number of carbonyl (C=O) groups excluding carboxylic acids is 1. The van der Waals surface area contributed by atoms with Crippen molar-refractivity contribution in [2.24, 2.45) is 0 Å². The average molecular weight is 192 g/mol. The summed E-state index contributed by atoms with van der Waals surface area (Å²) in [6, 6.07) is 5.94. The average Bonchev–Trinajstić information content (AvgIpc) is 2.11. The monoisotopic (exact) mass is 192 g/mol. The van der Waals surface area contributed by atoms with E-state index in [0.29, 0.717) is 0 Å². The maximum absolute atomic E-state index is 11.2. The summed E-state index contributed by atoms with van der Waals surface area (Å²) in [5.41, 5.74) is 6.14. The first-order valence-corrected chi connectivity index (χ1v) is 4.61. The molecule has 0 unspecified atom stereocenters. The molecule has 0 aliphatic rings. The van der Waals surface area contributed by atoms with E-state index in [1.165, 1.54) is 23.1 Å². The van der Waals surface area contributed by atoms with Crippen molar-refractivity contribution in [3.05, 3.63) is 29.3 Å². The van der Waals surface area contributed by atoms with E-state index in [0.717, 1.165) is 5.69 Å². The number of nitrogens with zero attached hydrogens (tertiary/aromatic N) is 1. The van der Waals surface area contributed by atoms with Gasteiger partial charge in [0.15, 0.2) is 0 Å². The summed E-state index contributed by atoms with van der Waals surface area (Å²) in [5, 5.41) is 1.52. The molecular weight excluding hydrogens is 176 g/mol.